The molecular weight excluding hydrogens is 282 g/mol. The van der Waals surface area contributed by atoms with Crippen molar-refractivity contribution < 1.29 is 0 Å². The minimum absolute atomic E-state index is 0.507. The van der Waals surface area contributed by atoms with Crippen molar-refractivity contribution in [3.63, 3.8) is 0 Å². The molecule has 0 fully saturated rings. The summed E-state index contributed by atoms with van der Waals surface area (Å²) >= 11 is 0. The number of nitrogens with zero attached hydrogens (tertiary/aromatic N) is 1. The number of hydrogen-bond acceptors (Lipinski definition) is 3. The summed E-state index contributed by atoms with van der Waals surface area (Å²) in [6.45, 7) is 6.78. The molecule has 0 bridgehead atoms. The van der Waals surface area contributed by atoms with Gasteiger partial charge in [0.25, 0.3) is 0 Å². The van der Waals surface area contributed by atoms with E-state index < -0.39 is 0 Å². The van der Waals surface area contributed by atoms with Gasteiger partial charge in [-0.2, -0.15) is 0 Å². The lowest BCUT2D eigenvalue weighted by molar-refractivity contribution is 0.515. The average Bonchev–Trinajstić information content (AvgIpc) is 2.58. The molecule has 0 aliphatic heterocycles. The van der Waals surface area contributed by atoms with E-state index in [1.807, 2.05) is 0 Å². The van der Waals surface area contributed by atoms with Crippen LogP contribution in [0.15, 0.2) is 54.6 Å². The van der Waals surface area contributed by atoms with Crippen molar-refractivity contribution in [1.29, 1.82) is 0 Å². The van der Waals surface area contributed by atoms with Gasteiger partial charge in [0.05, 0.1) is 6.67 Å². The van der Waals surface area contributed by atoms with Crippen molar-refractivity contribution in [2.45, 2.75) is 32.7 Å². The second-order valence-corrected chi connectivity index (χ2v) is 6.16. The molecule has 2 aromatic rings. The Bertz CT molecular complexity index is 568. The molecule has 0 saturated heterocycles. The fourth-order valence-corrected chi connectivity index (χ4v) is 2.73. The summed E-state index contributed by atoms with van der Waals surface area (Å²) in [7, 11) is 0. The molecule has 0 heterocycles. The van der Waals surface area contributed by atoms with E-state index in [4.69, 9.17) is 5.73 Å². The maximum atomic E-state index is 5.90. The van der Waals surface area contributed by atoms with Crippen LogP contribution in [0.5, 0.6) is 0 Å². The van der Waals surface area contributed by atoms with Crippen molar-refractivity contribution in [2.24, 2.45) is 5.73 Å². The van der Waals surface area contributed by atoms with Crippen LogP contribution in [0.4, 0.5) is 5.69 Å². The first kappa shape index (κ1) is 17.5. The zero-order chi connectivity index (χ0) is 16.5. The van der Waals surface area contributed by atoms with Gasteiger partial charge in [-0.25, -0.2) is 0 Å². The van der Waals surface area contributed by atoms with Crippen molar-refractivity contribution in [2.75, 3.05) is 24.7 Å². The van der Waals surface area contributed by atoms with Crippen LogP contribution in [0.2, 0.25) is 0 Å². The molecule has 0 amide bonds. The van der Waals surface area contributed by atoms with Gasteiger partial charge in [0.15, 0.2) is 0 Å². The molecule has 2 rings (SSSR count). The molecule has 0 radical (unpaired) electrons. The lowest BCUT2D eigenvalue weighted by atomic mass is 10.1. The molecule has 2 aromatic carbocycles. The predicted molar refractivity (Wildman–Crippen MR) is 99.8 cm³/mol. The molecule has 3 nitrogen and oxygen atoms in total. The summed E-state index contributed by atoms with van der Waals surface area (Å²) in [5, 5.41) is 3.60. The van der Waals surface area contributed by atoms with Crippen LogP contribution in [0.3, 0.4) is 0 Å². The highest BCUT2D eigenvalue weighted by molar-refractivity contribution is 5.48. The quantitative estimate of drug-likeness (QED) is 0.698. The fourth-order valence-electron chi connectivity index (χ4n) is 2.73. The molecule has 0 saturated carbocycles. The van der Waals surface area contributed by atoms with E-state index in [2.05, 4.69) is 78.7 Å². The van der Waals surface area contributed by atoms with E-state index in [0.29, 0.717) is 12.7 Å². The largest absolute Gasteiger partial charge is 0.358 e. The van der Waals surface area contributed by atoms with E-state index in [-0.39, 0.29) is 0 Å². The van der Waals surface area contributed by atoms with Gasteiger partial charge in [-0.05, 0) is 49.9 Å². The second kappa shape index (κ2) is 9.33. The molecule has 0 aliphatic rings. The minimum atomic E-state index is 0.507. The first-order valence-corrected chi connectivity index (χ1v) is 8.48. The Morgan fingerprint density at radius 2 is 1.87 bits per heavy atom. The van der Waals surface area contributed by atoms with Crippen molar-refractivity contribution >= 4 is 5.69 Å². The Kier molecular flexibility index (Phi) is 7.11. The van der Waals surface area contributed by atoms with Crippen LogP contribution in [-0.2, 0) is 6.42 Å². The maximum absolute atomic E-state index is 5.90. The lowest BCUT2D eigenvalue weighted by Crippen LogP contribution is -2.39. The summed E-state index contributed by atoms with van der Waals surface area (Å²) in [6.07, 6.45) is 2.27. The van der Waals surface area contributed by atoms with E-state index >= 15 is 0 Å². The minimum Gasteiger partial charge on any atom is -0.358 e. The average molecular weight is 311 g/mol. The molecule has 0 aliphatic carbocycles. The van der Waals surface area contributed by atoms with Gasteiger partial charge in [0.1, 0.15) is 0 Å². The summed E-state index contributed by atoms with van der Waals surface area (Å²) < 4.78 is 0. The van der Waals surface area contributed by atoms with E-state index in [0.717, 1.165) is 25.9 Å². The van der Waals surface area contributed by atoms with Crippen LogP contribution >= 0.6 is 0 Å². The number of benzene rings is 2. The standard InChI is InChI=1S/C20H29N3/c1-17-7-6-10-20(15-17)23(16-21)14-13-22-18(2)11-12-19-8-4-3-5-9-19/h3-10,15,18,22H,11-14,16,21H2,1-2H3. The summed E-state index contributed by atoms with van der Waals surface area (Å²) in [4.78, 5) is 2.21. The Hall–Kier alpha value is -1.84. The Morgan fingerprint density at radius 3 is 2.57 bits per heavy atom. The molecular formula is C20H29N3. The number of nitrogens with two attached hydrogens (primary N) is 1. The topological polar surface area (TPSA) is 41.3 Å². The molecule has 1 atom stereocenters. The third-order valence-electron chi connectivity index (χ3n) is 4.17. The first-order valence-electron chi connectivity index (χ1n) is 8.48. The molecule has 23 heavy (non-hydrogen) atoms. The normalized spacial score (nSPS) is 12.1. The third-order valence-corrected chi connectivity index (χ3v) is 4.17. The van der Waals surface area contributed by atoms with Gasteiger partial charge < -0.3 is 16.0 Å². The van der Waals surface area contributed by atoms with Crippen LogP contribution < -0.4 is 16.0 Å². The zero-order valence-corrected chi connectivity index (χ0v) is 14.3. The van der Waals surface area contributed by atoms with Crippen LogP contribution in [0, 0.1) is 6.92 Å². The smallest absolute Gasteiger partial charge is 0.0657 e. The van der Waals surface area contributed by atoms with E-state index in [1.54, 1.807) is 0 Å². The summed E-state index contributed by atoms with van der Waals surface area (Å²) in [5.74, 6) is 0. The van der Waals surface area contributed by atoms with Gasteiger partial charge in [0.2, 0.25) is 0 Å². The number of aryl methyl sites for hydroxylation is 2. The van der Waals surface area contributed by atoms with Gasteiger partial charge in [-0.1, -0.05) is 42.5 Å². The van der Waals surface area contributed by atoms with Gasteiger partial charge in [-0.3, -0.25) is 0 Å². The molecule has 0 aromatic heterocycles. The lowest BCUT2D eigenvalue weighted by Gasteiger charge is -2.24. The number of rotatable bonds is 9. The number of hydrogen-bond donors (Lipinski definition) is 2. The Morgan fingerprint density at radius 1 is 1.09 bits per heavy atom. The zero-order valence-electron chi connectivity index (χ0n) is 14.3. The van der Waals surface area contributed by atoms with Crippen molar-refractivity contribution in [3.8, 4) is 0 Å². The fraction of sp³-hybridized carbons (Fsp3) is 0.400. The summed E-state index contributed by atoms with van der Waals surface area (Å²) in [5.41, 5.74) is 9.78. The highest BCUT2D eigenvalue weighted by Gasteiger charge is 2.06. The second-order valence-electron chi connectivity index (χ2n) is 6.16. The number of nitrogens with one attached hydrogen (secondary N) is 1. The van der Waals surface area contributed by atoms with Gasteiger partial charge >= 0.3 is 0 Å². The summed E-state index contributed by atoms with van der Waals surface area (Å²) in [6, 6.07) is 19.7. The first-order chi connectivity index (χ1) is 11.2. The highest BCUT2D eigenvalue weighted by Crippen LogP contribution is 2.14. The van der Waals surface area contributed by atoms with Crippen LogP contribution in [0.1, 0.15) is 24.5 Å². The van der Waals surface area contributed by atoms with Gasteiger partial charge in [0, 0.05) is 24.8 Å². The molecule has 0 spiro atoms. The van der Waals surface area contributed by atoms with Crippen LogP contribution in [-0.4, -0.2) is 25.8 Å². The van der Waals surface area contributed by atoms with Crippen molar-refractivity contribution in [3.05, 3.63) is 65.7 Å². The SMILES string of the molecule is Cc1cccc(N(CN)CCNC(C)CCc2ccccc2)c1. The molecule has 3 heteroatoms. The number of anilines is 1. The Balaban J connectivity index is 1.72. The van der Waals surface area contributed by atoms with Gasteiger partial charge in [-0.15, -0.1) is 0 Å². The molecule has 1 unspecified atom stereocenters. The third kappa shape index (κ3) is 6.05. The van der Waals surface area contributed by atoms with Crippen LogP contribution in [0.25, 0.3) is 0 Å². The maximum Gasteiger partial charge on any atom is 0.0657 e. The van der Waals surface area contributed by atoms with Crippen molar-refractivity contribution in [1.82, 2.24) is 5.32 Å². The molecule has 124 valence electrons. The Labute approximate surface area is 140 Å². The van der Waals surface area contributed by atoms with E-state index in [9.17, 15) is 0 Å². The highest BCUT2D eigenvalue weighted by atomic mass is 15.2. The molecule has 3 N–H and O–H groups in total. The monoisotopic (exact) mass is 311 g/mol. The van der Waals surface area contributed by atoms with E-state index in [1.165, 1.54) is 16.8 Å². The predicted octanol–water partition coefficient (Wildman–Crippen LogP) is 3.33.